The molecule has 1 aromatic rings. The minimum atomic E-state index is -0.301. The fourth-order valence-corrected chi connectivity index (χ4v) is 2.48. The molecule has 2 N–H and O–H groups in total. The largest absolute Gasteiger partial charge is 0.492 e. The number of benzene rings is 1. The topological polar surface area (TPSA) is 61.8 Å². The molecule has 2 rings (SSSR count). The number of carbonyl (C=O) groups is 1. The highest BCUT2D eigenvalue weighted by Crippen LogP contribution is 2.13. The highest BCUT2D eigenvalue weighted by Gasteiger charge is 2.28. The van der Waals surface area contributed by atoms with Gasteiger partial charge in [-0.3, -0.25) is 9.69 Å². The van der Waals surface area contributed by atoms with Crippen LogP contribution in [0.25, 0.3) is 0 Å². The molecule has 116 valence electrons. The van der Waals surface area contributed by atoms with Crippen LogP contribution >= 0.6 is 0 Å². The molecule has 1 heterocycles. The molecule has 2 atom stereocenters. The molecule has 1 aliphatic heterocycles. The molecule has 1 aliphatic rings. The number of β-amino-alcohol motifs (C(OH)–C–C–N with tert-alkyl or cyclic N) is 1. The predicted octanol–water partition coefficient (Wildman–Crippen LogP) is 0.945. The van der Waals surface area contributed by atoms with Crippen molar-refractivity contribution in [2.75, 3.05) is 26.2 Å². The third kappa shape index (κ3) is 4.72. The van der Waals surface area contributed by atoms with Gasteiger partial charge >= 0.3 is 0 Å². The number of ether oxygens (including phenoxy) is 1. The number of amides is 1. The molecule has 1 saturated heterocycles. The van der Waals surface area contributed by atoms with Gasteiger partial charge in [-0.2, -0.15) is 0 Å². The molecule has 1 unspecified atom stereocenters. The first-order valence-corrected chi connectivity index (χ1v) is 7.45. The Morgan fingerprint density at radius 2 is 2.38 bits per heavy atom. The van der Waals surface area contributed by atoms with Crippen LogP contribution in [0.15, 0.2) is 24.3 Å². The number of hydrogen-bond donors (Lipinski definition) is 2. The van der Waals surface area contributed by atoms with E-state index in [9.17, 15) is 9.90 Å². The summed E-state index contributed by atoms with van der Waals surface area (Å²) >= 11 is 0. The average molecular weight is 292 g/mol. The van der Waals surface area contributed by atoms with Gasteiger partial charge in [-0.25, -0.2) is 0 Å². The second-order valence-electron chi connectivity index (χ2n) is 5.57. The first kappa shape index (κ1) is 15.8. The smallest absolute Gasteiger partial charge is 0.237 e. The number of rotatable bonds is 6. The van der Waals surface area contributed by atoms with Gasteiger partial charge in [0.05, 0.1) is 18.7 Å². The first-order valence-electron chi connectivity index (χ1n) is 7.45. The highest BCUT2D eigenvalue weighted by atomic mass is 16.5. The number of aliphatic hydroxyl groups is 1. The van der Waals surface area contributed by atoms with Gasteiger partial charge in [0.1, 0.15) is 12.4 Å². The van der Waals surface area contributed by atoms with Crippen LogP contribution in [0.5, 0.6) is 5.75 Å². The fourth-order valence-electron chi connectivity index (χ4n) is 2.48. The summed E-state index contributed by atoms with van der Waals surface area (Å²) in [7, 11) is 0. The lowest BCUT2D eigenvalue weighted by atomic mass is 10.2. The summed E-state index contributed by atoms with van der Waals surface area (Å²) in [5.41, 5.74) is 1.15. The maximum Gasteiger partial charge on any atom is 0.237 e. The van der Waals surface area contributed by atoms with E-state index in [0.717, 1.165) is 24.3 Å². The molecule has 0 saturated carbocycles. The Bertz CT molecular complexity index is 478. The van der Waals surface area contributed by atoms with Crippen LogP contribution in [-0.4, -0.2) is 54.3 Å². The number of nitrogens with one attached hydrogen (secondary N) is 1. The lowest BCUT2D eigenvalue weighted by molar-refractivity contribution is -0.125. The van der Waals surface area contributed by atoms with Gasteiger partial charge < -0.3 is 15.2 Å². The van der Waals surface area contributed by atoms with E-state index in [1.165, 1.54) is 0 Å². The molecule has 0 bridgehead atoms. The Hall–Kier alpha value is -1.59. The van der Waals surface area contributed by atoms with Crippen molar-refractivity contribution in [3.63, 3.8) is 0 Å². The van der Waals surface area contributed by atoms with Gasteiger partial charge in [0, 0.05) is 13.1 Å². The van der Waals surface area contributed by atoms with Gasteiger partial charge in [-0.1, -0.05) is 12.1 Å². The van der Waals surface area contributed by atoms with Gasteiger partial charge in [-0.15, -0.1) is 0 Å². The Kier molecular flexibility index (Phi) is 5.59. The maximum absolute atomic E-state index is 12.0. The zero-order chi connectivity index (χ0) is 15.2. The summed E-state index contributed by atoms with van der Waals surface area (Å²) in [6.45, 7) is 6.16. The number of hydrogen-bond acceptors (Lipinski definition) is 4. The third-order valence-electron chi connectivity index (χ3n) is 3.78. The van der Waals surface area contributed by atoms with Crippen molar-refractivity contribution < 1.29 is 14.6 Å². The Morgan fingerprint density at radius 3 is 3.05 bits per heavy atom. The third-order valence-corrected chi connectivity index (χ3v) is 3.78. The number of likely N-dealkylation sites (tertiary alicyclic amines) is 1. The Balaban J connectivity index is 1.67. The standard InChI is InChI=1S/C16H24N2O3/c1-12-4-3-5-15(10-12)21-9-7-17-16(20)13(2)18-8-6-14(19)11-18/h3-5,10,13-14,19H,6-9,11H2,1-2H3,(H,17,20)/t13?,14-/m0/s1. The summed E-state index contributed by atoms with van der Waals surface area (Å²) in [5.74, 6) is 0.803. The molecular formula is C16H24N2O3. The van der Waals surface area contributed by atoms with Crippen molar-refractivity contribution in [1.29, 1.82) is 0 Å². The summed E-state index contributed by atoms with van der Waals surface area (Å²) in [5, 5.41) is 12.4. The number of aliphatic hydroxyl groups excluding tert-OH is 1. The van der Waals surface area contributed by atoms with Crippen molar-refractivity contribution in [2.45, 2.75) is 32.4 Å². The summed E-state index contributed by atoms with van der Waals surface area (Å²) in [6, 6.07) is 7.63. The minimum Gasteiger partial charge on any atom is -0.492 e. The van der Waals surface area contributed by atoms with Gasteiger partial charge in [0.2, 0.25) is 5.91 Å². The molecule has 5 nitrogen and oxygen atoms in total. The van der Waals surface area contributed by atoms with E-state index in [1.807, 2.05) is 43.0 Å². The zero-order valence-electron chi connectivity index (χ0n) is 12.7. The quantitative estimate of drug-likeness (QED) is 0.766. The maximum atomic E-state index is 12.0. The van der Waals surface area contributed by atoms with Crippen LogP contribution < -0.4 is 10.1 Å². The van der Waals surface area contributed by atoms with E-state index in [4.69, 9.17) is 4.74 Å². The lowest BCUT2D eigenvalue weighted by Crippen LogP contribution is -2.45. The van der Waals surface area contributed by atoms with Crippen LogP contribution in [0.1, 0.15) is 18.9 Å². The summed E-state index contributed by atoms with van der Waals surface area (Å²) in [4.78, 5) is 14.0. The van der Waals surface area contributed by atoms with E-state index < -0.39 is 0 Å². The van der Waals surface area contributed by atoms with E-state index in [0.29, 0.717) is 19.7 Å². The van der Waals surface area contributed by atoms with Crippen LogP contribution in [0, 0.1) is 6.92 Å². The predicted molar refractivity (Wildman–Crippen MR) is 81.3 cm³/mol. The molecule has 1 fully saturated rings. The Labute approximate surface area is 125 Å². The average Bonchev–Trinajstić information content (AvgIpc) is 2.89. The monoisotopic (exact) mass is 292 g/mol. The molecule has 0 aliphatic carbocycles. The van der Waals surface area contributed by atoms with Gasteiger partial charge in [0.15, 0.2) is 0 Å². The van der Waals surface area contributed by atoms with Crippen LogP contribution in [0.4, 0.5) is 0 Å². The first-order chi connectivity index (χ1) is 10.1. The molecule has 1 amide bonds. The SMILES string of the molecule is Cc1cccc(OCCNC(=O)C(C)N2CC[C@H](O)C2)c1. The Morgan fingerprint density at radius 1 is 1.57 bits per heavy atom. The van der Waals surface area contributed by atoms with Crippen molar-refractivity contribution in [1.82, 2.24) is 10.2 Å². The lowest BCUT2D eigenvalue weighted by Gasteiger charge is -2.22. The molecule has 21 heavy (non-hydrogen) atoms. The second kappa shape index (κ2) is 7.43. The normalized spacial score (nSPS) is 20.2. The number of nitrogens with zero attached hydrogens (tertiary/aromatic N) is 1. The zero-order valence-corrected chi connectivity index (χ0v) is 12.7. The molecule has 0 aromatic heterocycles. The van der Waals surface area contributed by atoms with E-state index in [2.05, 4.69) is 5.32 Å². The van der Waals surface area contributed by atoms with Gasteiger partial charge in [-0.05, 0) is 38.0 Å². The van der Waals surface area contributed by atoms with E-state index in [-0.39, 0.29) is 18.1 Å². The molecule has 0 spiro atoms. The summed E-state index contributed by atoms with van der Waals surface area (Å²) in [6.07, 6.45) is 0.443. The molecule has 1 aromatic carbocycles. The van der Waals surface area contributed by atoms with Crippen molar-refractivity contribution >= 4 is 5.91 Å². The highest BCUT2D eigenvalue weighted by molar-refractivity contribution is 5.81. The van der Waals surface area contributed by atoms with Crippen LogP contribution in [0.2, 0.25) is 0 Å². The van der Waals surface area contributed by atoms with Crippen molar-refractivity contribution in [3.8, 4) is 5.75 Å². The molecule has 5 heteroatoms. The molecule has 0 radical (unpaired) electrons. The minimum absolute atomic E-state index is 0.0167. The number of carbonyl (C=O) groups excluding carboxylic acids is 1. The van der Waals surface area contributed by atoms with Crippen LogP contribution in [-0.2, 0) is 4.79 Å². The van der Waals surface area contributed by atoms with Gasteiger partial charge in [0.25, 0.3) is 0 Å². The van der Waals surface area contributed by atoms with E-state index in [1.54, 1.807) is 0 Å². The fraction of sp³-hybridized carbons (Fsp3) is 0.562. The number of aryl methyl sites for hydroxylation is 1. The van der Waals surface area contributed by atoms with E-state index >= 15 is 0 Å². The van der Waals surface area contributed by atoms with Crippen LogP contribution in [0.3, 0.4) is 0 Å². The second-order valence-corrected chi connectivity index (χ2v) is 5.57. The summed E-state index contributed by atoms with van der Waals surface area (Å²) < 4.78 is 5.59. The van der Waals surface area contributed by atoms with Crippen molar-refractivity contribution in [2.24, 2.45) is 0 Å². The van der Waals surface area contributed by atoms with Crippen molar-refractivity contribution in [3.05, 3.63) is 29.8 Å². The molecular weight excluding hydrogens is 268 g/mol.